The fourth-order valence-electron chi connectivity index (χ4n) is 2.06. The minimum absolute atomic E-state index is 0.190. The van der Waals surface area contributed by atoms with Gasteiger partial charge in [0.05, 0.1) is 32.5 Å². The summed E-state index contributed by atoms with van der Waals surface area (Å²) in [5.74, 6) is 0.190. The van der Waals surface area contributed by atoms with Crippen molar-refractivity contribution in [3.8, 4) is 5.75 Å². The van der Waals surface area contributed by atoms with Crippen molar-refractivity contribution in [1.82, 2.24) is 19.9 Å². The maximum Gasteiger partial charge on any atom is 0.153 e. The largest absolute Gasteiger partial charge is 0.494 e. The summed E-state index contributed by atoms with van der Waals surface area (Å²) >= 11 is 15.0. The Labute approximate surface area is 170 Å². The van der Waals surface area contributed by atoms with Gasteiger partial charge in [0.15, 0.2) is 10.3 Å². The van der Waals surface area contributed by atoms with Crippen LogP contribution in [0.5, 0.6) is 5.75 Å². The Bertz CT molecular complexity index is 1120. The van der Waals surface area contributed by atoms with E-state index in [1.54, 1.807) is 18.5 Å². The molecule has 4 aromatic rings. The molecule has 0 aliphatic heterocycles. The number of aliphatic hydroxyl groups is 1. The molecule has 9 heteroatoms. The SMILES string of the molecule is Clc1ncc(Br)c2cc[nH]c12.[2H]C([2H])([2H])O.[2H]C([2H])([2H])Oc1cnc(Cl)c2[nH]ccc12. The van der Waals surface area contributed by atoms with Gasteiger partial charge in [0.2, 0.25) is 0 Å². The van der Waals surface area contributed by atoms with Crippen molar-refractivity contribution >= 4 is 60.9 Å². The van der Waals surface area contributed by atoms with Gasteiger partial charge in [-0.2, -0.15) is 0 Å². The Balaban J connectivity index is 0.000000187. The molecule has 0 radical (unpaired) electrons. The van der Waals surface area contributed by atoms with Crippen LogP contribution in [0.4, 0.5) is 0 Å². The van der Waals surface area contributed by atoms with Crippen LogP contribution in [0, 0.1) is 0 Å². The third-order valence-corrected chi connectivity index (χ3v) is 4.33. The van der Waals surface area contributed by atoms with E-state index >= 15 is 0 Å². The highest BCUT2D eigenvalue weighted by Gasteiger charge is 2.06. The van der Waals surface area contributed by atoms with Gasteiger partial charge in [-0.15, -0.1) is 0 Å². The lowest BCUT2D eigenvalue weighted by atomic mass is 10.3. The van der Waals surface area contributed by atoms with Crippen molar-refractivity contribution < 1.29 is 18.1 Å². The number of pyridine rings is 2. The van der Waals surface area contributed by atoms with Crippen molar-refractivity contribution in [1.29, 1.82) is 0 Å². The summed E-state index contributed by atoms with van der Waals surface area (Å²) in [5, 5.41) is 9.98. The monoisotopic (exact) mass is 450 g/mol. The number of nitrogens with one attached hydrogen (secondary N) is 2. The zero-order valence-corrected chi connectivity index (χ0v) is 15.4. The van der Waals surface area contributed by atoms with Crippen molar-refractivity contribution in [3.63, 3.8) is 0 Å². The highest BCUT2D eigenvalue weighted by molar-refractivity contribution is 9.10. The maximum absolute atomic E-state index is 7.52. The maximum atomic E-state index is 7.52. The predicted molar refractivity (Wildman–Crippen MR) is 105 cm³/mol. The first kappa shape index (κ1) is 12.5. The quantitative estimate of drug-likeness (QED) is 0.362. The number of fused-ring (bicyclic) bond motifs is 2. The molecule has 132 valence electrons. The molecule has 4 rings (SSSR count). The smallest absolute Gasteiger partial charge is 0.153 e. The molecule has 0 fully saturated rings. The number of nitrogens with zero attached hydrogens (tertiary/aromatic N) is 2. The molecule has 6 nitrogen and oxygen atoms in total. The second kappa shape index (κ2) is 9.05. The second-order valence-electron chi connectivity index (χ2n) is 4.44. The van der Waals surface area contributed by atoms with E-state index in [0.717, 1.165) is 15.4 Å². The van der Waals surface area contributed by atoms with Crippen LogP contribution < -0.4 is 4.74 Å². The first-order chi connectivity index (χ1) is 14.3. The van der Waals surface area contributed by atoms with E-state index < -0.39 is 14.1 Å². The molecule has 0 amide bonds. The molecule has 3 N–H and O–H groups in total. The summed E-state index contributed by atoms with van der Waals surface area (Å²) in [6.07, 6.45) is 6.47. The third-order valence-electron chi connectivity index (χ3n) is 3.13. The van der Waals surface area contributed by atoms with Crippen molar-refractivity contribution in [2.24, 2.45) is 0 Å². The van der Waals surface area contributed by atoms with Crippen LogP contribution >= 0.6 is 39.1 Å². The molecule has 4 aromatic heterocycles. The van der Waals surface area contributed by atoms with E-state index in [1.165, 1.54) is 6.20 Å². The Hall–Kier alpha value is -1.80. The first-order valence-corrected chi connectivity index (χ1v) is 8.11. The van der Waals surface area contributed by atoms with E-state index in [1.807, 2.05) is 12.3 Å². The summed E-state index contributed by atoms with van der Waals surface area (Å²) in [5.41, 5.74) is 1.44. The number of aromatic nitrogens is 4. The van der Waals surface area contributed by atoms with Crippen LogP contribution in [0.1, 0.15) is 8.22 Å². The van der Waals surface area contributed by atoms with Crippen molar-refractivity contribution in [2.75, 3.05) is 14.1 Å². The van der Waals surface area contributed by atoms with Crippen LogP contribution in [0.25, 0.3) is 21.8 Å². The number of ether oxygens (including phenoxy) is 1. The van der Waals surface area contributed by atoms with Gasteiger partial charge in [-0.1, -0.05) is 23.2 Å². The Morgan fingerprint density at radius 1 is 1.08 bits per heavy atom. The number of aromatic amines is 2. The lowest BCUT2D eigenvalue weighted by molar-refractivity contribution is 0.399. The average molecular weight is 452 g/mol. The van der Waals surface area contributed by atoms with Crippen LogP contribution in [-0.2, 0) is 0 Å². The summed E-state index contributed by atoms with van der Waals surface area (Å²) in [6.45, 7) is 0. The average Bonchev–Trinajstić information content (AvgIpc) is 3.29. The molecular formula is C16H15BrCl2N4O2. The number of hydrogen-bond donors (Lipinski definition) is 3. The lowest BCUT2D eigenvalue weighted by Crippen LogP contribution is -1.85. The van der Waals surface area contributed by atoms with Gasteiger partial charge in [-0.3, -0.25) is 0 Å². The van der Waals surface area contributed by atoms with Crippen molar-refractivity contribution in [3.05, 3.63) is 51.7 Å². The molecule has 0 atom stereocenters. The lowest BCUT2D eigenvalue weighted by Gasteiger charge is -2.00. The third kappa shape index (κ3) is 4.24. The molecule has 0 bridgehead atoms. The van der Waals surface area contributed by atoms with Crippen LogP contribution in [0.3, 0.4) is 0 Å². The number of rotatable bonds is 1. The molecule has 0 saturated carbocycles. The number of methoxy groups -OCH3 is 1. The molecule has 0 aliphatic carbocycles. The minimum Gasteiger partial charge on any atom is -0.494 e. The number of halogens is 3. The van der Waals surface area contributed by atoms with Crippen LogP contribution in [0.2, 0.25) is 10.3 Å². The van der Waals surface area contributed by atoms with Gasteiger partial charge in [-0.25, -0.2) is 9.97 Å². The highest BCUT2D eigenvalue weighted by atomic mass is 79.9. The van der Waals surface area contributed by atoms with Gasteiger partial charge < -0.3 is 19.8 Å². The van der Waals surface area contributed by atoms with Gasteiger partial charge in [0.1, 0.15) is 5.75 Å². The van der Waals surface area contributed by atoms with Gasteiger partial charge >= 0.3 is 0 Å². The minimum atomic E-state index is -2.75. The fraction of sp³-hybridized carbons (Fsp3) is 0.125. The molecule has 0 unspecified atom stereocenters. The van der Waals surface area contributed by atoms with E-state index in [9.17, 15) is 0 Å². The summed E-state index contributed by atoms with van der Waals surface area (Å²) < 4.78 is 44.2. The molecule has 25 heavy (non-hydrogen) atoms. The van der Waals surface area contributed by atoms with Gasteiger partial charge in [0.25, 0.3) is 0 Å². The van der Waals surface area contributed by atoms with E-state index in [2.05, 4.69) is 35.9 Å². The van der Waals surface area contributed by atoms with Crippen LogP contribution in [0.15, 0.2) is 41.4 Å². The van der Waals surface area contributed by atoms with Crippen molar-refractivity contribution in [2.45, 2.75) is 0 Å². The fourth-order valence-corrected chi connectivity index (χ4v) is 2.91. The van der Waals surface area contributed by atoms with E-state index in [-0.39, 0.29) is 10.9 Å². The topological polar surface area (TPSA) is 86.8 Å². The summed E-state index contributed by atoms with van der Waals surface area (Å²) in [7, 11) is -5.24. The predicted octanol–water partition coefficient (Wildman–Crippen LogP) is 4.81. The number of H-pyrrole nitrogens is 2. The van der Waals surface area contributed by atoms with E-state index in [0.29, 0.717) is 16.1 Å². The Morgan fingerprint density at radius 3 is 2.24 bits per heavy atom. The molecule has 0 aromatic carbocycles. The Morgan fingerprint density at radius 2 is 1.64 bits per heavy atom. The summed E-state index contributed by atoms with van der Waals surface area (Å²) in [4.78, 5) is 13.6. The van der Waals surface area contributed by atoms with Gasteiger partial charge in [0, 0.05) is 40.9 Å². The number of hydrogen-bond acceptors (Lipinski definition) is 4. The van der Waals surface area contributed by atoms with Crippen LogP contribution in [-0.4, -0.2) is 39.1 Å². The normalized spacial score (nSPS) is 14.6. The standard InChI is InChI=1S/C8H7ClN2O.C7H4BrClN2.CH4O/c1-12-6-4-11-8(9)7-5(6)2-3-10-7;8-5-3-11-7(9)6-4(5)1-2-10-6;1-2/h2-4,10H,1H3;1-3,10H;2H,1H3/i1D3;;1D3. The molecule has 0 spiro atoms. The molecular weight excluding hydrogens is 431 g/mol. The summed E-state index contributed by atoms with van der Waals surface area (Å²) in [6, 6.07) is 3.64. The van der Waals surface area contributed by atoms with E-state index in [4.69, 9.17) is 41.3 Å². The Kier molecular flexibility index (Phi) is 4.54. The highest BCUT2D eigenvalue weighted by Crippen LogP contribution is 2.28. The molecule has 4 heterocycles. The van der Waals surface area contributed by atoms with Gasteiger partial charge in [-0.05, 0) is 28.1 Å². The zero-order chi connectivity index (χ0) is 23.4. The molecule has 0 saturated heterocycles. The molecule has 0 aliphatic rings. The zero-order valence-electron chi connectivity index (χ0n) is 18.3. The second-order valence-corrected chi connectivity index (χ2v) is 6.02. The first-order valence-electron chi connectivity index (χ1n) is 9.56.